The molecule has 1 fully saturated rings. The minimum absolute atomic E-state index is 0.142. The van der Waals surface area contributed by atoms with E-state index in [0.29, 0.717) is 18.0 Å². The third-order valence-electron chi connectivity index (χ3n) is 3.79. The first-order valence-corrected chi connectivity index (χ1v) is 7.99. The second kappa shape index (κ2) is 6.54. The van der Waals surface area contributed by atoms with Gasteiger partial charge in [-0.3, -0.25) is 9.69 Å². The summed E-state index contributed by atoms with van der Waals surface area (Å²) in [6.07, 6.45) is 3.94. The van der Waals surface area contributed by atoms with Crippen molar-refractivity contribution < 1.29 is 9.90 Å². The van der Waals surface area contributed by atoms with E-state index in [1.54, 1.807) is 11.3 Å². The van der Waals surface area contributed by atoms with Crippen LogP contribution in [0.25, 0.3) is 0 Å². The molecule has 0 spiro atoms. The number of carbonyl (C=O) groups is 1. The Morgan fingerprint density at radius 1 is 1.60 bits per heavy atom. The second-order valence-corrected chi connectivity index (χ2v) is 6.71. The van der Waals surface area contributed by atoms with Crippen molar-refractivity contribution in [3.05, 3.63) is 11.1 Å². The highest BCUT2D eigenvalue weighted by atomic mass is 32.1. The van der Waals surface area contributed by atoms with Gasteiger partial charge in [-0.25, -0.2) is 4.98 Å². The standard InChI is InChI=1S/C14H23N3O2S/c1-4-17(8-13(18)19)11-5-10(6-11)16-14-15-7-12(20-14)9(2)3/h7,9-11H,4-6,8H2,1-3H3,(H,15,16)(H,18,19). The molecule has 5 nitrogen and oxygen atoms in total. The average molecular weight is 297 g/mol. The minimum Gasteiger partial charge on any atom is -0.480 e. The molecule has 1 aliphatic rings. The largest absolute Gasteiger partial charge is 0.480 e. The van der Waals surface area contributed by atoms with Crippen molar-refractivity contribution in [1.82, 2.24) is 9.88 Å². The molecule has 1 saturated carbocycles. The molecule has 6 heteroatoms. The van der Waals surface area contributed by atoms with Gasteiger partial charge >= 0.3 is 5.97 Å². The highest BCUT2D eigenvalue weighted by Crippen LogP contribution is 2.31. The molecule has 1 aromatic rings. The number of nitrogens with one attached hydrogen (secondary N) is 1. The molecule has 0 saturated heterocycles. The van der Waals surface area contributed by atoms with E-state index in [2.05, 4.69) is 24.1 Å². The minimum atomic E-state index is -0.746. The van der Waals surface area contributed by atoms with Gasteiger partial charge in [0.15, 0.2) is 5.13 Å². The van der Waals surface area contributed by atoms with Gasteiger partial charge < -0.3 is 10.4 Å². The highest BCUT2D eigenvalue weighted by molar-refractivity contribution is 7.15. The molecule has 2 N–H and O–H groups in total. The van der Waals surface area contributed by atoms with Gasteiger partial charge in [0.1, 0.15) is 0 Å². The number of thiazole rings is 1. The number of hydrogen-bond donors (Lipinski definition) is 2. The lowest BCUT2D eigenvalue weighted by atomic mass is 9.85. The zero-order valence-corrected chi connectivity index (χ0v) is 13.1. The summed E-state index contributed by atoms with van der Waals surface area (Å²) in [7, 11) is 0. The average Bonchev–Trinajstić information content (AvgIpc) is 2.79. The van der Waals surface area contributed by atoms with E-state index in [4.69, 9.17) is 5.11 Å². The number of aromatic nitrogens is 1. The molecule has 0 unspecified atom stereocenters. The van der Waals surface area contributed by atoms with Crippen LogP contribution in [0.5, 0.6) is 0 Å². The molecular weight excluding hydrogens is 274 g/mol. The molecule has 2 rings (SSSR count). The first-order valence-electron chi connectivity index (χ1n) is 7.17. The van der Waals surface area contributed by atoms with Crippen LogP contribution in [-0.2, 0) is 4.79 Å². The smallest absolute Gasteiger partial charge is 0.317 e. The van der Waals surface area contributed by atoms with Crippen molar-refractivity contribution in [2.75, 3.05) is 18.4 Å². The summed E-state index contributed by atoms with van der Waals surface area (Å²) in [5.74, 6) is -0.229. The maximum Gasteiger partial charge on any atom is 0.317 e. The topological polar surface area (TPSA) is 65.5 Å². The van der Waals surface area contributed by atoms with Crippen LogP contribution in [0.1, 0.15) is 44.4 Å². The lowest BCUT2D eigenvalue weighted by Crippen LogP contribution is -2.51. The Morgan fingerprint density at radius 2 is 2.30 bits per heavy atom. The maximum absolute atomic E-state index is 10.8. The third-order valence-corrected chi connectivity index (χ3v) is 5.02. The van der Waals surface area contributed by atoms with E-state index < -0.39 is 5.97 Å². The molecule has 0 amide bonds. The molecule has 1 aromatic heterocycles. The van der Waals surface area contributed by atoms with Gasteiger partial charge in [-0.15, -0.1) is 11.3 Å². The predicted octanol–water partition coefficient (Wildman–Crippen LogP) is 2.62. The van der Waals surface area contributed by atoms with Crippen molar-refractivity contribution in [2.24, 2.45) is 0 Å². The van der Waals surface area contributed by atoms with E-state index in [1.807, 2.05) is 18.0 Å². The zero-order valence-electron chi connectivity index (χ0n) is 12.3. The van der Waals surface area contributed by atoms with Crippen LogP contribution < -0.4 is 5.32 Å². The lowest BCUT2D eigenvalue weighted by Gasteiger charge is -2.42. The van der Waals surface area contributed by atoms with Gasteiger partial charge in [0.05, 0.1) is 6.54 Å². The number of carboxylic acids is 1. The fourth-order valence-corrected chi connectivity index (χ4v) is 3.37. The Hall–Kier alpha value is -1.14. The monoisotopic (exact) mass is 297 g/mol. The van der Waals surface area contributed by atoms with Gasteiger partial charge in [0.25, 0.3) is 0 Å². The second-order valence-electron chi connectivity index (χ2n) is 5.65. The van der Waals surface area contributed by atoms with Crippen LogP contribution in [0.15, 0.2) is 6.20 Å². The number of carboxylic acid groups (broad SMARTS) is 1. The SMILES string of the molecule is CCN(CC(=O)O)C1CC(Nc2ncc(C(C)C)s2)C1. The predicted molar refractivity (Wildman–Crippen MR) is 81.5 cm³/mol. The first-order chi connectivity index (χ1) is 9.49. The summed E-state index contributed by atoms with van der Waals surface area (Å²) in [6.45, 7) is 7.28. The molecule has 0 aromatic carbocycles. The Kier molecular flexibility index (Phi) is 4.99. The quantitative estimate of drug-likeness (QED) is 0.810. The van der Waals surface area contributed by atoms with Gasteiger partial charge in [-0.2, -0.15) is 0 Å². The highest BCUT2D eigenvalue weighted by Gasteiger charge is 2.34. The Bertz CT molecular complexity index is 455. The normalized spacial score (nSPS) is 22.1. The van der Waals surface area contributed by atoms with Crippen molar-refractivity contribution in [3.8, 4) is 0 Å². The van der Waals surface area contributed by atoms with Crippen LogP contribution >= 0.6 is 11.3 Å². The summed E-state index contributed by atoms with van der Waals surface area (Å²) in [5, 5.41) is 13.3. The summed E-state index contributed by atoms with van der Waals surface area (Å²) in [4.78, 5) is 18.5. The number of nitrogens with zero attached hydrogens (tertiary/aromatic N) is 2. The molecule has 1 aliphatic carbocycles. The van der Waals surface area contributed by atoms with Gasteiger partial charge in [0.2, 0.25) is 0 Å². The number of aliphatic carboxylic acids is 1. The molecular formula is C14H23N3O2S. The van der Waals surface area contributed by atoms with Crippen LogP contribution in [0.4, 0.5) is 5.13 Å². The molecule has 0 aliphatic heterocycles. The van der Waals surface area contributed by atoms with E-state index in [-0.39, 0.29) is 6.54 Å². The van der Waals surface area contributed by atoms with E-state index in [0.717, 1.165) is 24.5 Å². The van der Waals surface area contributed by atoms with Crippen molar-refractivity contribution in [2.45, 2.75) is 51.6 Å². The Balaban J connectivity index is 1.79. The summed E-state index contributed by atoms with van der Waals surface area (Å²) < 4.78 is 0. The number of hydrogen-bond acceptors (Lipinski definition) is 5. The number of anilines is 1. The third kappa shape index (κ3) is 3.70. The van der Waals surface area contributed by atoms with Gasteiger partial charge in [-0.1, -0.05) is 20.8 Å². The lowest BCUT2D eigenvalue weighted by molar-refractivity contribution is -0.139. The number of likely N-dealkylation sites (N-methyl/N-ethyl adjacent to an activating group) is 1. The van der Waals surface area contributed by atoms with E-state index in [1.165, 1.54) is 4.88 Å². The van der Waals surface area contributed by atoms with Gasteiger partial charge in [0, 0.05) is 23.2 Å². The molecule has 0 atom stereocenters. The Labute approximate surface area is 124 Å². The van der Waals surface area contributed by atoms with Crippen LogP contribution in [0.3, 0.4) is 0 Å². The molecule has 20 heavy (non-hydrogen) atoms. The molecule has 112 valence electrons. The van der Waals surface area contributed by atoms with Crippen molar-refractivity contribution in [3.63, 3.8) is 0 Å². The molecule has 1 heterocycles. The van der Waals surface area contributed by atoms with E-state index in [9.17, 15) is 4.79 Å². The summed E-state index contributed by atoms with van der Waals surface area (Å²) >= 11 is 1.71. The first kappa shape index (κ1) is 15.3. The van der Waals surface area contributed by atoms with Crippen molar-refractivity contribution in [1.29, 1.82) is 0 Å². The molecule has 0 radical (unpaired) electrons. The Morgan fingerprint density at radius 3 is 2.80 bits per heavy atom. The fourth-order valence-electron chi connectivity index (χ4n) is 2.47. The van der Waals surface area contributed by atoms with Crippen LogP contribution in [0.2, 0.25) is 0 Å². The van der Waals surface area contributed by atoms with Gasteiger partial charge in [-0.05, 0) is 25.3 Å². The molecule has 0 bridgehead atoms. The fraction of sp³-hybridized carbons (Fsp3) is 0.714. The van der Waals surface area contributed by atoms with Crippen LogP contribution in [-0.4, -0.2) is 46.1 Å². The van der Waals surface area contributed by atoms with Crippen LogP contribution in [0, 0.1) is 0 Å². The maximum atomic E-state index is 10.8. The zero-order chi connectivity index (χ0) is 14.7. The van der Waals surface area contributed by atoms with Crippen molar-refractivity contribution >= 4 is 22.4 Å². The number of rotatable bonds is 7. The summed E-state index contributed by atoms with van der Waals surface area (Å²) in [5.41, 5.74) is 0. The summed E-state index contributed by atoms with van der Waals surface area (Å²) in [6, 6.07) is 0.812. The van der Waals surface area contributed by atoms with E-state index >= 15 is 0 Å².